The summed E-state index contributed by atoms with van der Waals surface area (Å²) in [5.41, 5.74) is 6.28. The fourth-order valence-corrected chi connectivity index (χ4v) is 6.71. The first-order valence-electron chi connectivity index (χ1n) is 19.6. The molecule has 0 aromatic heterocycles. The van der Waals surface area contributed by atoms with Gasteiger partial charge in [-0.15, -0.1) is 0 Å². The van der Waals surface area contributed by atoms with Crippen molar-refractivity contribution in [1.29, 1.82) is 0 Å². The Bertz CT molecular complexity index is 664. The Kier molecular flexibility index (Phi) is 27.6. The molecule has 0 radical (unpaired) electrons. The van der Waals surface area contributed by atoms with Crippen molar-refractivity contribution in [2.75, 3.05) is 13.2 Å². The minimum absolute atomic E-state index is 0.00602. The molecule has 45 heavy (non-hydrogen) atoms. The molecule has 7 heteroatoms. The predicted molar refractivity (Wildman–Crippen MR) is 188 cm³/mol. The van der Waals surface area contributed by atoms with Crippen LogP contribution >= 0.6 is 0 Å². The van der Waals surface area contributed by atoms with E-state index in [1.807, 2.05) is 0 Å². The zero-order valence-corrected chi connectivity index (χ0v) is 29.8. The number of hydrogen-bond donors (Lipinski definition) is 4. The average Bonchev–Trinajstić information content (AvgIpc) is 3.04. The molecule has 268 valence electrons. The Morgan fingerprint density at radius 2 is 0.933 bits per heavy atom. The Morgan fingerprint density at radius 1 is 0.578 bits per heavy atom. The summed E-state index contributed by atoms with van der Waals surface area (Å²) in [6.45, 7) is 4.62. The molecule has 0 spiro atoms. The fourth-order valence-electron chi connectivity index (χ4n) is 6.71. The molecule has 1 rings (SSSR count). The van der Waals surface area contributed by atoms with Crippen molar-refractivity contribution in [1.82, 2.24) is 4.90 Å². The van der Waals surface area contributed by atoms with Crippen LogP contribution < -0.4 is 5.73 Å². The van der Waals surface area contributed by atoms with Crippen LogP contribution in [-0.4, -0.2) is 69.9 Å². The van der Waals surface area contributed by atoms with Crippen molar-refractivity contribution in [2.45, 2.75) is 224 Å². The molecule has 5 N–H and O–H groups in total. The number of ether oxygens (including phenoxy) is 1. The van der Waals surface area contributed by atoms with Gasteiger partial charge in [-0.1, -0.05) is 174 Å². The molecular formula is C38H76N2O5. The normalized spacial score (nSPS) is 21.8. The number of nitrogens with zero attached hydrogens (tertiary/aromatic N) is 1. The summed E-state index contributed by atoms with van der Waals surface area (Å²) in [5, 5.41) is 30.5. The molecule has 1 fully saturated rings. The van der Waals surface area contributed by atoms with Gasteiger partial charge in [-0.2, -0.15) is 0 Å². The topological polar surface area (TPSA) is 116 Å². The maximum Gasteiger partial charge on any atom is 0.224 e. The standard InChI is InChI=1S/C38H76N2O5/c1-3-5-7-9-11-13-15-17-18-19-20-22-24-26-28-30-34(42)40(38-35(39)37(44)36(43)33(32-41)45-38)31-29-27-25-23-21-16-14-12-10-8-6-4-2/h33,35-38,41,43-44H,3-32,39H2,1-2H3/t33-,35-,36-,37-,38-/m1/s1. The number of amides is 1. The molecule has 1 saturated heterocycles. The number of carbonyl (C=O) groups is 1. The molecule has 7 nitrogen and oxygen atoms in total. The van der Waals surface area contributed by atoms with Gasteiger partial charge in [0.25, 0.3) is 0 Å². The van der Waals surface area contributed by atoms with Crippen molar-refractivity contribution in [2.24, 2.45) is 5.73 Å². The Balaban J connectivity index is 2.32. The van der Waals surface area contributed by atoms with Crippen LogP contribution in [0.15, 0.2) is 0 Å². The second-order valence-corrected chi connectivity index (χ2v) is 14.0. The zero-order valence-electron chi connectivity index (χ0n) is 29.8. The van der Waals surface area contributed by atoms with E-state index < -0.39 is 37.2 Å². The average molecular weight is 641 g/mol. The summed E-state index contributed by atoms with van der Waals surface area (Å²) in [6, 6.07) is -0.912. The Morgan fingerprint density at radius 3 is 1.31 bits per heavy atom. The van der Waals surface area contributed by atoms with Gasteiger partial charge in [-0.25, -0.2) is 0 Å². The maximum atomic E-state index is 13.4. The molecule has 0 aromatic carbocycles. The Labute approximate surface area is 278 Å². The second kappa shape index (κ2) is 29.4. The molecular weight excluding hydrogens is 564 g/mol. The molecule has 1 aliphatic rings. The first kappa shape index (κ1) is 42.3. The van der Waals surface area contributed by atoms with Crippen LogP contribution in [0.4, 0.5) is 0 Å². The fraction of sp³-hybridized carbons (Fsp3) is 0.974. The summed E-state index contributed by atoms with van der Waals surface area (Å²) >= 11 is 0. The number of unbranched alkanes of at least 4 members (excludes halogenated alkanes) is 25. The molecule has 0 aliphatic carbocycles. The van der Waals surface area contributed by atoms with E-state index in [1.54, 1.807) is 4.90 Å². The van der Waals surface area contributed by atoms with Gasteiger partial charge in [-0.05, 0) is 12.8 Å². The van der Waals surface area contributed by atoms with Crippen molar-refractivity contribution in [3.05, 3.63) is 0 Å². The molecule has 1 amide bonds. The van der Waals surface area contributed by atoms with Gasteiger partial charge in [0, 0.05) is 13.0 Å². The number of carbonyl (C=O) groups excluding carboxylic acids is 1. The lowest BCUT2D eigenvalue weighted by Gasteiger charge is -2.45. The highest BCUT2D eigenvalue weighted by molar-refractivity contribution is 5.76. The number of nitrogens with two attached hydrogens (primary N) is 1. The van der Waals surface area contributed by atoms with Crippen LogP contribution in [0.25, 0.3) is 0 Å². The van der Waals surface area contributed by atoms with Crippen molar-refractivity contribution >= 4 is 5.91 Å². The molecule has 0 bridgehead atoms. The molecule has 0 aromatic rings. The summed E-state index contributed by atoms with van der Waals surface area (Å²) in [4.78, 5) is 15.1. The van der Waals surface area contributed by atoms with E-state index in [2.05, 4.69) is 13.8 Å². The SMILES string of the molecule is CCCCCCCCCCCCCCCCCC(=O)N(CCCCCCCCCCCCCC)[C@@H]1O[C@H](CO)[C@@H](O)[C@H](O)[C@H]1N. The van der Waals surface area contributed by atoms with Crippen LogP contribution in [0.3, 0.4) is 0 Å². The number of rotatable bonds is 31. The van der Waals surface area contributed by atoms with Crippen LogP contribution in [-0.2, 0) is 9.53 Å². The minimum atomic E-state index is -1.26. The Hall–Kier alpha value is -0.730. The lowest BCUT2D eigenvalue weighted by Crippen LogP contribution is -2.67. The van der Waals surface area contributed by atoms with Crippen molar-refractivity contribution in [3.63, 3.8) is 0 Å². The number of hydrogen-bond acceptors (Lipinski definition) is 6. The van der Waals surface area contributed by atoms with Crippen molar-refractivity contribution < 1.29 is 24.9 Å². The molecule has 0 unspecified atom stereocenters. The highest BCUT2D eigenvalue weighted by Crippen LogP contribution is 2.24. The third-order valence-electron chi connectivity index (χ3n) is 9.82. The van der Waals surface area contributed by atoms with Gasteiger partial charge in [0.2, 0.25) is 5.91 Å². The summed E-state index contributed by atoms with van der Waals surface area (Å²) in [6.07, 6.45) is 30.3. The highest BCUT2D eigenvalue weighted by atomic mass is 16.5. The van der Waals surface area contributed by atoms with E-state index in [0.29, 0.717) is 13.0 Å². The molecule has 0 saturated carbocycles. The summed E-state index contributed by atoms with van der Waals surface area (Å²) < 4.78 is 5.92. The van der Waals surface area contributed by atoms with Gasteiger partial charge in [0.15, 0.2) is 6.23 Å². The number of aliphatic hydroxyl groups excluding tert-OH is 3. The van der Waals surface area contributed by atoms with Gasteiger partial charge >= 0.3 is 0 Å². The van der Waals surface area contributed by atoms with Gasteiger partial charge in [0.05, 0.1) is 12.6 Å². The van der Waals surface area contributed by atoms with E-state index >= 15 is 0 Å². The van der Waals surface area contributed by atoms with Crippen LogP contribution in [0.2, 0.25) is 0 Å². The van der Waals surface area contributed by atoms with Crippen molar-refractivity contribution in [3.8, 4) is 0 Å². The lowest BCUT2D eigenvalue weighted by atomic mass is 9.95. The maximum absolute atomic E-state index is 13.4. The van der Waals surface area contributed by atoms with Crippen LogP contribution in [0, 0.1) is 0 Å². The monoisotopic (exact) mass is 641 g/mol. The third kappa shape index (κ3) is 20.3. The lowest BCUT2D eigenvalue weighted by molar-refractivity contribution is -0.226. The number of aliphatic hydroxyl groups is 3. The highest BCUT2D eigenvalue weighted by Gasteiger charge is 2.45. The van der Waals surface area contributed by atoms with Crippen LogP contribution in [0.1, 0.15) is 194 Å². The summed E-state index contributed by atoms with van der Waals surface area (Å²) in [7, 11) is 0. The molecule has 5 atom stereocenters. The predicted octanol–water partition coefficient (Wildman–Crippen LogP) is 8.54. The van der Waals surface area contributed by atoms with Gasteiger partial charge < -0.3 is 30.7 Å². The third-order valence-corrected chi connectivity index (χ3v) is 9.82. The molecule has 1 aliphatic heterocycles. The second-order valence-electron chi connectivity index (χ2n) is 14.0. The minimum Gasteiger partial charge on any atom is -0.394 e. The largest absolute Gasteiger partial charge is 0.394 e. The smallest absolute Gasteiger partial charge is 0.224 e. The van der Waals surface area contributed by atoms with Gasteiger partial charge in [0.1, 0.15) is 18.3 Å². The zero-order chi connectivity index (χ0) is 33.0. The van der Waals surface area contributed by atoms with E-state index in [0.717, 1.165) is 38.5 Å². The van der Waals surface area contributed by atoms with Crippen LogP contribution in [0.5, 0.6) is 0 Å². The van der Waals surface area contributed by atoms with E-state index in [9.17, 15) is 20.1 Å². The summed E-state index contributed by atoms with van der Waals surface area (Å²) in [5.74, 6) is -0.00602. The van der Waals surface area contributed by atoms with E-state index in [1.165, 1.54) is 135 Å². The van der Waals surface area contributed by atoms with Gasteiger partial charge in [-0.3, -0.25) is 4.79 Å². The molecule has 1 heterocycles. The van der Waals surface area contributed by atoms with E-state index in [-0.39, 0.29) is 5.91 Å². The first-order chi connectivity index (χ1) is 22.0. The first-order valence-corrected chi connectivity index (χ1v) is 19.6. The quantitative estimate of drug-likeness (QED) is 0.0565. The van der Waals surface area contributed by atoms with E-state index in [4.69, 9.17) is 10.5 Å².